The molecule has 2 heterocycles. The molecule has 3 atom stereocenters. The molecule has 14 heteroatoms. The van der Waals surface area contributed by atoms with Crippen molar-refractivity contribution >= 4 is 40.6 Å². The number of carbonyl (C=O) groups excluding carboxylic acids is 3. The number of para-hydroxylation sites is 1. The highest BCUT2D eigenvalue weighted by Crippen LogP contribution is 2.36. The molecule has 1 aliphatic heterocycles. The van der Waals surface area contributed by atoms with Crippen molar-refractivity contribution in [2.45, 2.75) is 32.2 Å². The van der Waals surface area contributed by atoms with Crippen LogP contribution in [0.1, 0.15) is 40.1 Å². The Bertz CT molecular complexity index is 1750. The number of urea groups is 1. The van der Waals surface area contributed by atoms with Crippen LogP contribution in [0.5, 0.6) is 5.75 Å². The van der Waals surface area contributed by atoms with E-state index in [-0.39, 0.29) is 48.3 Å². The van der Waals surface area contributed by atoms with E-state index in [1.54, 1.807) is 55.6 Å². The second kappa shape index (κ2) is 14.4. The molecule has 0 saturated carbocycles. The molecule has 5 rings (SSSR count). The van der Waals surface area contributed by atoms with Crippen LogP contribution in [0.2, 0.25) is 0 Å². The van der Waals surface area contributed by atoms with Crippen LogP contribution in [-0.4, -0.2) is 76.6 Å². The number of nitrogens with zero attached hydrogens (tertiary/aromatic N) is 3. The summed E-state index contributed by atoms with van der Waals surface area (Å²) in [7, 11) is 1.51. The van der Waals surface area contributed by atoms with Gasteiger partial charge in [-0.15, -0.1) is 11.3 Å². The molecule has 3 aromatic carbocycles. The van der Waals surface area contributed by atoms with E-state index >= 15 is 0 Å². The second-order valence-electron chi connectivity index (χ2n) is 11.6. The first kappa shape index (κ1) is 34.4. The van der Waals surface area contributed by atoms with E-state index in [1.807, 2.05) is 12.3 Å². The van der Waals surface area contributed by atoms with Gasteiger partial charge < -0.3 is 30.3 Å². The van der Waals surface area contributed by atoms with Gasteiger partial charge in [0.05, 0.1) is 36.0 Å². The predicted molar refractivity (Wildman–Crippen MR) is 176 cm³/mol. The number of hydrogen-bond donors (Lipinski definition) is 3. The van der Waals surface area contributed by atoms with E-state index in [2.05, 4.69) is 15.6 Å². The summed E-state index contributed by atoms with van der Waals surface area (Å²) in [6, 6.07) is 14.7. The molecule has 3 N–H and O–H groups in total. The second-order valence-corrected chi connectivity index (χ2v) is 12.5. The number of carbonyl (C=O) groups is 3. The van der Waals surface area contributed by atoms with Gasteiger partial charge in [0, 0.05) is 47.9 Å². The molecule has 4 amide bonds. The summed E-state index contributed by atoms with van der Waals surface area (Å²) >= 11 is 1.48. The minimum atomic E-state index is -4.51. The Balaban J connectivity index is 1.39. The zero-order valence-electron chi connectivity index (χ0n) is 26.3. The van der Waals surface area contributed by atoms with E-state index in [0.29, 0.717) is 5.56 Å². The lowest BCUT2D eigenvalue weighted by Gasteiger charge is -2.38. The number of likely N-dealkylation sites (N-methyl/N-ethyl adjacent to an activating group) is 1. The summed E-state index contributed by atoms with van der Waals surface area (Å²) in [6.45, 7) is 3.48. The maximum absolute atomic E-state index is 13.8. The third-order valence-electron chi connectivity index (χ3n) is 8.03. The number of rotatable bonds is 8. The maximum Gasteiger partial charge on any atom is 0.416 e. The summed E-state index contributed by atoms with van der Waals surface area (Å²) in [5, 5.41) is 18.1. The van der Waals surface area contributed by atoms with Crippen molar-refractivity contribution in [3.8, 4) is 16.3 Å². The number of nitrogens with one attached hydrogen (secondary N) is 2. The van der Waals surface area contributed by atoms with Crippen molar-refractivity contribution in [1.82, 2.24) is 14.8 Å². The molecule has 1 aliphatic rings. The fraction of sp³-hybridized carbons (Fsp3) is 0.294. The molecule has 10 nitrogen and oxygen atoms in total. The van der Waals surface area contributed by atoms with Gasteiger partial charge in [-0.1, -0.05) is 25.1 Å². The molecule has 0 radical (unpaired) electrons. The Morgan fingerprint density at radius 2 is 1.81 bits per heavy atom. The molecule has 4 aromatic rings. The average molecular weight is 682 g/mol. The van der Waals surface area contributed by atoms with Gasteiger partial charge in [0.2, 0.25) is 0 Å². The van der Waals surface area contributed by atoms with Gasteiger partial charge in [-0.2, -0.15) is 13.2 Å². The zero-order chi connectivity index (χ0) is 34.6. The number of halogens is 3. The zero-order valence-corrected chi connectivity index (χ0v) is 27.1. The Kier molecular flexibility index (Phi) is 10.3. The van der Waals surface area contributed by atoms with Crippen LogP contribution in [0.25, 0.3) is 10.6 Å². The van der Waals surface area contributed by atoms with E-state index in [1.165, 1.54) is 40.3 Å². The van der Waals surface area contributed by atoms with Gasteiger partial charge >= 0.3 is 12.2 Å². The topological polar surface area (TPSA) is 124 Å². The first-order valence-corrected chi connectivity index (χ1v) is 16.0. The quantitative estimate of drug-likeness (QED) is 0.196. The van der Waals surface area contributed by atoms with Crippen molar-refractivity contribution in [2.75, 3.05) is 37.4 Å². The van der Waals surface area contributed by atoms with E-state index in [4.69, 9.17) is 4.74 Å². The number of alkyl halides is 3. The van der Waals surface area contributed by atoms with Gasteiger partial charge in [0.15, 0.2) is 5.75 Å². The summed E-state index contributed by atoms with van der Waals surface area (Å²) in [6.07, 6.45) is -3.51. The molecule has 0 unspecified atom stereocenters. The normalized spacial score (nSPS) is 17.0. The third-order valence-corrected chi connectivity index (χ3v) is 8.85. The monoisotopic (exact) mass is 681 g/mol. The Morgan fingerprint density at radius 1 is 1.10 bits per heavy atom. The third kappa shape index (κ3) is 7.77. The fourth-order valence-electron chi connectivity index (χ4n) is 5.20. The highest BCUT2D eigenvalue weighted by atomic mass is 32.1. The number of aromatic nitrogens is 1. The van der Waals surface area contributed by atoms with Crippen molar-refractivity contribution in [3.05, 3.63) is 95.0 Å². The summed E-state index contributed by atoms with van der Waals surface area (Å²) in [5.74, 6) is -1.09. The number of amides is 4. The highest BCUT2D eigenvalue weighted by Gasteiger charge is 2.35. The first-order valence-electron chi connectivity index (χ1n) is 15.1. The van der Waals surface area contributed by atoms with Crippen LogP contribution < -0.4 is 15.4 Å². The Hall–Kier alpha value is -4.95. The van der Waals surface area contributed by atoms with Crippen molar-refractivity contribution < 1.29 is 37.4 Å². The highest BCUT2D eigenvalue weighted by molar-refractivity contribution is 7.13. The lowest BCUT2D eigenvalue weighted by molar-refractivity contribution is -0.137. The van der Waals surface area contributed by atoms with Crippen LogP contribution in [0.4, 0.5) is 29.3 Å². The fourth-order valence-corrected chi connectivity index (χ4v) is 5.84. The van der Waals surface area contributed by atoms with Crippen LogP contribution in [0, 0.1) is 5.92 Å². The van der Waals surface area contributed by atoms with E-state index in [9.17, 15) is 32.7 Å². The van der Waals surface area contributed by atoms with Crippen molar-refractivity contribution in [2.24, 2.45) is 5.92 Å². The van der Waals surface area contributed by atoms with E-state index < -0.39 is 41.7 Å². The molecular weight excluding hydrogens is 647 g/mol. The molecule has 0 spiro atoms. The van der Waals surface area contributed by atoms with Gasteiger partial charge in [0.1, 0.15) is 11.1 Å². The number of fused-ring (bicyclic) bond motifs is 1. The van der Waals surface area contributed by atoms with Gasteiger partial charge in [-0.25, -0.2) is 9.78 Å². The Labute approximate surface area is 279 Å². The molecule has 252 valence electrons. The summed E-state index contributed by atoms with van der Waals surface area (Å²) in [5.41, 5.74) is 0.974. The van der Waals surface area contributed by atoms with Crippen LogP contribution in [0.15, 0.2) is 78.3 Å². The van der Waals surface area contributed by atoms with Crippen LogP contribution in [0.3, 0.4) is 0 Å². The molecule has 0 bridgehead atoms. The maximum atomic E-state index is 13.8. The standard InChI is InChI=1S/C34H34F3N5O5S/c1-20-17-42(21(2)19-43)32(45)26-5-4-6-27(40-30(44)22-7-9-23(10-8-22)31-38-15-16-48-31)29(26)47-28(20)18-41(3)33(46)39-25-13-11-24(12-14-25)34(35,36)37/h4-16,20-21,28,43H,17-19H2,1-3H3,(H,39,46)(H,40,44)/t20-,21-,28+/m0/s1. The van der Waals surface area contributed by atoms with E-state index in [0.717, 1.165) is 22.7 Å². The Morgan fingerprint density at radius 3 is 2.44 bits per heavy atom. The number of thiazole rings is 1. The number of anilines is 2. The van der Waals surface area contributed by atoms with Gasteiger partial charge in [-0.05, 0) is 55.5 Å². The average Bonchev–Trinajstić information content (AvgIpc) is 3.61. The molecule has 0 fully saturated rings. The number of ether oxygens (including phenoxy) is 1. The predicted octanol–water partition coefficient (Wildman–Crippen LogP) is 6.47. The minimum Gasteiger partial charge on any atom is -0.485 e. The molecule has 1 aromatic heterocycles. The van der Waals surface area contributed by atoms with Crippen LogP contribution in [-0.2, 0) is 6.18 Å². The van der Waals surface area contributed by atoms with Crippen molar-refractivity contribution in [1.29, 1.82) is 0 Å². The number of hydrogen-bond acceptors (Lipinski definition) is 7. The number of benzene rings is 3. The molecule has 0 aliphatic carbocycles. The summed E-state index contributed by atoms with van der Waals surface area (Å²) < 4.78 is 45.4. The number of aliphatic hydroxyl groups is 1. The van der Waals surface area contributed by atoms with Gasteiger partial charge in [-0.3, -0.25) is 9.59 Å². The smallest absolute Gasteiger partial charge is 0.416 e. The molecular formula is C34H34F3N5O5S. The molecule has 48 heavy (non-hydrogen) atoms. The lowest BCUT2D eigenvalue weighted by Crippen LogP contribution is -2.50. The number of aliphatic hydroxyl groups excluding tert-OH is 1. The first-order chi connectivity index (χ1) is 22.8. The minimum absolute atomic E-state index is 0.0170. The van der Waals surface area contributed by atoms with Crippen LogP contribution >= 0.6 is 11.3 Å². The largest absolute Gasteiger partial charge is 0.485 e. The lowest BCUT2D eigenvalue weighted by atomic mass is 9.99. The van der Waals surface area contributed by atoms with Gasteiger partial charge in [0.25, 0.3) is 11.8 Å². The van der Waals surface area contributed by atoms with Crippen molar-refractivity contribution in [3.63, 3.8) is 0 Å². The SMILES string of the molecule is C[C@H]1CN([C@@H](C)CO)C(=O)c2cccc(NC(=O)c3ccc(-c4nccs4)cc3)c2O[C@@H]1CN(C)C(=O)Nc1ccc(C(F)(F)F)cc1. The molecule has 0 saturated heterocycles. The summed E-state index contributed by atoms with van der Waals surface area (Å²) in [4.78, 5) is 47.4.